The van der Waals surface area contributed by atoms with Gasteiger partial charge in [0.1, 0.15) is 5.75 Å². The fourth-order valence-electron chi connectivity index (χ4n) is 2.54. The molecule has 0 heterocycles. The van der Waals surface area contributed by atoms with E-state index in [1.165, 1.54) is 5.56 Å². The minimum absolute atomic E-state index is 0.144. The van der Waals surface area contributed by atoms with E-state index in [2.05, 4.69) is 16.3 Å². The number of nitrogens with zero attached hydrogens (tertiary/aromatic N) is 1. The largest absolute Gasteiger partial charge is 0.481 e. The van der Waals surface area contributed by atoms with Crippen molar-refractivity contribution in [1.29, 1.82) is 0 Å². The molecule has 0 spiro atoms. The number of hydrogen-bond acceptors (Lipinski definition) is 3. The van der Waals surface area contributed by atoms with Gasteiger partial charge in [-0.05, 0) is 62.8 Å². The van der Waals surface area contributed by atoms with Gasteiger partial charge in [-0.25, -0.2) is 0 Å². The van der Waals surface area contributed by atoms with Crippen LogP contribution >= 0.6 is 11.6 Å². The monoisotopic (exact) mass is 360 g/mol. The summed E-state index contributed by atoms with van der Waals surface area (Å²) < 4.78 is 5.77. The first-order chi connectivity index (χ1) is 11.9. The first-order valence-electron chi connectivity index (χ1n) is 8.29. The van der Waals surface area contributed by atoms with Crippen molar-refractivity contribution in [1.82, 2.24) is 10.2 Å². The molecule has 0 saturated heterocycles. The molecule has 0 saturated carbocycles. The van der Waals surface area contributed by atoms with Crippen LogP contribution in [-0.2, 0) is 17.9 Å². The predicted octanol–water partition coefficient (Wildman–Crippen LogP) is 3.79. The van der Waals surface area contributed by atoms with Gasteiger partial charge in [-0.3, -0.25) is 4.79 Å². The molecule has 2 rings (SSSR count). The van der Waals surface area contributed by atoms with E-state index >= 15 is 0 Å². The molecule has 5 heteroatoms. The Bertz CT molecular complexity index is 731. The van der Waals surface area contributed by atoms with Crippen LogP contribution in [0.15, 0.2) is 42.5 Å². The standard InChI is InChI=1S/C20H25ClN2O2/c1-14-11-18(21)9-10-19(14)25-15(2)20(24)22-12-16-7-5-6-8-17(16)13-23(3)4/h5-11,15H,12-13H2,1-4H3,(H,22,24). The minimum Gasteiger partial charge on any atom is -0.481 e. The average Bonchev–Trinajstić information content (AvgIpc) is 2.55. The number of ether oxygens (including phenoxy) is 1. The number of carbonyl (C=O) groups excluding carboxylic acids is 1. The molecule has 1 unspecified atom stereocenters. The number of carbonyl (C=O) groups is 1. The highest BCUT2D eigenvalue weighted by Gasteiger charge is 2.16. The first-order valence-corrected chi connectivity index (χ1v) is 8.66. The summed E-state index contributed by atoms with van der Waals surface area (Å²) >= 11 is 5.95. The van der Waals surface area contributed by atoms with E-state index in [0.717, 1.165) is 17.7 Å². The second-order valence-corrected chi connectivity index (χ2v) is 6.83. The third kappa shape index (κ3) is 5.76. The van der Waals surface area contributed by atoms with E-state index in [1.54, 1.807) is 19.1 Å². The molecule has 0 aliphatic heterocycles. The lowest BCUT2D eigenvalue weighted by Gasteiger charge is -2.18. The Labute approximate surface area is 154 Å². The number of amides is 1. The van der Waals surface area contributed by atoms with Gasteiger partial charge in [-0.1, -0.05) is 35.9 Å². The van der Waals surface area contributed by atoms with Crippen molar-refractivity contribution < 1.29 is 9.53 Å². The lowest BCUT2D eigenvalue weighted by atomic mass is 10.1. The van der Waals surface area contributed by atoms with Crippen LogP contribution in [0.4, 0.5) is 0 Å². The molecule has 0 radical (unpaired) electrons. The van der Waals surface area contributed by atoms with Crippen LogP contribution in [0.1, 0.15) is 23.6 Å². The van der Waals surface area contributed by atoms with Gasteiger partial charge in [0.05, 0.1) is 0 Å². The Morgan fingerprint density at radius 1 is 1.20 bits per heavy atom. The second-order valence-electron chi connectivity index (χ2n) is 6.39. The molecule has 1 N–H and O–H groups in total. The van der Waals surface area contributed by atoms with Crippen LogP contribution < -0.4 is 10.1 Å². The van der Waals surface area contributed by atoms with Gasteiger partial charge in [-0.15, -0.1) is 0 Å². The number of halogens is 1. The molecular weight excluding hydrogens is 336 g/mol. The topological polar surface area (TPSA) is 41.6 Å². The highest BCUT2D eigenvalue weighted by Crippen LogP contribution is 2.22. The van der Waals surface area contributed by atoms with Crippen molar-refractivity contribution in [2.45, 2.75) is 33.0 Å². The quantitative estimate of drug-likeness (QED) is 0.816. The van der Waals surface area contributed by atoms with Gasteiger partial charge in [0.25, 0.3) is 5.91 Å². The fourth-order valence-corrected chi connectivity index (χ4v) is 2.77. The molecule has 0 aromatic heterocycles. The van der Waals surface area contributed by atoms with E-state index in [-0.39, 0.29) is 5.91 Å². The van der Waals surface area contributed by atoms with Crippen LogP contribution in [0.2, 0.25) is 5.02 Å². The van der Waals surface area contributed by atoms with Crippen LogP contribution in [0.3, 0.4) is 0 Å². The van der Waals surface area contributed by atoms with Crippen LogP contribution in [0.5, 0.6) is 5.75 Å². The Kier molecular flexibility index (Phi) is 6.85. The number of hydrogen-bond donors (Lipinski definition) is 1. The summed E-state index contributed by atoms with van der Waals surface area (Å²) in [5.41, 5.74) is 3.22. The molecule has 2 aromatic rings. The number of aryl methyl sites for hydroxylation is 1. The summed E-state index contributed by atoms with van der Waals surface area (Å²) in [6.07, 6.45) is -0.583. The molecule has 0 aliphatic rings. The highest BCUT2D eigenvalue weighted by atomic mass is 35.5. The Balaban J connectivity index is 1.96. The van der Waals surface area contributed by atoms with Crippen LogP contribution in [0.25, 0.3) is 0 Å². The van der Waals surface area contributed by atoms with E-state index in [4.69, 9.17) is 16.3 Å². The number of rotatable bonds is 7. The van der Waals surface area contributed by atoms with Crippen LogP contribution in [-0.4, -0.2) is 31.0 Å². The van der Waals surface area contributed by atoms with Gasteiger partial charge in [0.15, 0.2) is 6.10 Å². The Morgan fingerprint density at radius 3 is 2.52 bits per heavy atom. The van der Waals surface area contributed by atoms with Gasteiger partial charge in [-0.2, -0.15) is 0 Å². The molecule has 0 fully saturated rings. The van der Waals surface area contributed by atoms with E-state index in [9.17, 15) is 4.79 Å². The molecular formula is C20H25ClN2O2. The molecule has 0 bridgehead atoms. The fraction of sp³-hybridized carbons (Fsp3) is 0.350. The first kappa shape index (κ1) is 19.3. The van der Waals surface area contributed by atoms with Crippen molar-refractivity contribution >= 4 is 17.5 Å². The number of nitrogens with one attached hydrogen (secondary N) is 1. The van der Waals surface area contributed by atoms with Crippen molar-refractivity contribution in [3.05, 3.63) is 64.2 Å². The molecule has 1 atom stereocenters. The summed E-state index contributed by atoms with van der Waals surface area (Å²) in [5.74, 6) is 0.522. The van der Waals surface area contributed by atoms with Gasteiger partial charge in [0.2, 0.25) is 0 Å². The van der Waals surface area contributed by atoms with Crippen molar-refractivity contribution in [2.75, 3.05) is 14.1 Å². The van der Waals surface area contributed by atoms with E-state index in [0.29, 0.717) is 17.3 Å². The summed E-state index contributed by atoms with van der Waals surface area (Å²) in [6.45, 7) is 4.97. The van der Waals surface area contributed by atoms with Crippen molar-refractivity contribution in [2.24, 2.45) is 0 Å². The number of benzene rings is 2. The molecule has 25 heavy (non-hydrogen) atoms. The van der Waals surface area contributed by atoms with Crippen LogP contribution in [0, 0.1) is 6.92 Å². The predicted molar refractivity (Wildman–Crippen MR) is 102 cm³/mol. The van der Waals surface area contributed by atoms with Gasteiger partial charge in [0, 0.05) is 18.1 Å². The summed E-state index contributed by atoms with van der Waals surface area (Å²) in [6, 6.07) is 13.5. The van der Waals surface area contributed by atoms with E-state index in [1.807, 2.05) is 45.3 Å². The normalized spacial score (nSPS) is 12.1. The summed E-state index contributed by atoms with van der Waals surface area (Å²) in [4.78, 5) is 14.5. The maximum Gasteiger partial charge on any atom is 0.261 e. The van der Waals surface area contributed by atoms with Gasteiger partial charge >= 0.3 is 0 Å². The third-order valence-electron chi connectivity index (χ3n) is 3.87. The molecule has 4 nitrogen and oxygen atoms in total. The lowest BCUT2D eigenvalue weighted by Crippen LogP contribution is -2.36. The highest BCUT2D eigenvalue weighted by molar-refractivity contribution is 6.30. The zero-order valence-corrected chi connectivity index (χ0v) is 15.9. The molecule has 1 amide bonds. The second kappa shape index (κ2) is 8.88. The lowest BCUT2D eigenvalue weighted by molar-refractivity contribution is -0.127. The third-order valence-corrected chi connectivity index (χ3v) is 4.10. The Morgan fingerprint density at radius 2 is 1.88 bits per heavy atom. The molecule has 2 aromatic carbocycles. The average molecular weight is 361 g/mol. The summed E-state index contributed by atoms with van der Waals surface area (Å²) in [7, 11) is 4.06. The maximum absolute atomic E-state index is 12.4. The smallest absolute Gasteiger partial charge is 0.261 e. The summed E-state index contributed by atoms with van der Waals surface area (Å²) in [5, 5.41) is 3.61. The Hall–Kier alpha value is -2.04. The molecule has 134 valence electrons. The maximum atomic E-state index is 12.4. The van der Waals surface area contributed by atoms with Crippen molar-refractivity contribution in [3.63, 3.8) is 0 Å². The van der Waals surface area contributed by atoms with E-state index < -0.39 is 6.10 Å². The molecule has 0 aliphatic carbocycles. The van der Waals surface area contributed by atoms with Gasteiger partial charge < -0.3 is 15.0 Å². The zero-order chi connectivity index (χ0) is 18.4. The van der Waals surface area contributed by atoms with Crippen molar-refractivity contribution in [3.8, 4) is 5.75 Å². The SMILES string of the molecule is Cc1cc(Cl)ccc1OC(C)C(=O)NCc1ccccc1CN(C)C. The zero-order valence-electron chi connectivity index (χ0n) is 15.2. The minimum atomic E-state index is -0.583.